The number of rotatable bonds is 4. The van der Waals surface area contributed by atoms with Crippen LogP contribution in [-0.4, -0.2) is 10.8 Å². The molecule has 0 atom stereocenters. The molecular formula is C13H10FN3O4. The highest BCUT2D eigenvalue weighted by Crippen LogP contribution is 2.34. The number of nitrogen functional groups attached to an aromatic ring is 1. The fourth-order valence-corrected chi connectivity index (χ4v) is 1.63. The third kappa shape index (κ3) is 3.06. The van der Waals surface area contributed by atoms with Crippen molar-refractivity contribution in [2.45, 2.75) is 0 Å². The van der Waals surface area contributed by atoms with Crippen molar-refractivity contribution in [1.29, 1.82) is 0 Å². The van der Waals surface area contributed by atoms with E-state index in [0.717, 1.165) is 18.2 Å². The maximum absolute atomic E-state index is 12.9. The van der Waals surface area contributed by atoms with Crippen LogP contribution in [0.25, 0.3) is 0 Å². The maximum atomic E-state index is 12.9. The highest BCUT2D eigenvalue weighted by molar-refractivity contribution is 5.93. The smallest absolute Gasteiger partial charge is 0.312 e. The lowest BCUT2D eigenvalue weighted by Crippen LogP contribution is -2.11. The van der Waals surface area contributed by atoms with Crippen LogP contribution in [0.2, 0.25) is 0 Å². The van der Waals surface area contributed by atoms with Crippen LogP contribution in [0.3, 0.4) is 0 Å². The van der Waals surface area contributed by atoms with Gasteiger partial charge in [-0.2, -0.15) is 0 Å². The molecule has 0 spiro atoms. The van der Waals surface area contributed by atoms with Gasteiger partial charge in [0.05, 0.1) is 10.6 Å². The fourth-order valence-electron chi connectivity index (χ4n) is 1.63. The van der Waals surface area contributed by atoms with Crippen molar-refractivity contribution in [2.75, 3.05) is 5.73 Å². The van der Waals surface area contributed by atoms with Crippen molar-refractivity contribution in [1.82, 2.24) is 0 Å². The van der Waals surface area contributed by atoms with Gasteiger partial charge in [0, 0.05) is 17.7 Å². The Kier molecular flexibility index (Phi) is 3.70. The van der Waals surface area contributed by atoms with Crippen LogP contribution in [0.15, 0.2) is 36.4 Å². The van der Waals surface area contributed by atoms with Gasteiger partial charge in [-0.25, -0.2) is 4.39 Å². The van der Waals surface area contributed by atoms with Gasteiger partial charge in [-0.15, -0.1) is 0 Å². The number of nitrogens with two attached hydrogens (primary N) is 2. The number of benzene rings is 2. The largest absolute Gasteiger partial charge is 0.448 e. The van der Waals surface area contributed by atoms with Crippen LogP contribution in [0.4, 0.5) is 15.8 Å². The van der Waals surface area contributed by atoms with E-state index < -0.39 is 22.3 Å². The molecule has 0 radical (unpaired) electrons. The molecule has 0 saturated heterocycles. The number of carbonyl (C=O) groups excluding carboxylic acids is 1. The van der Waals surface area contributed by atoms with E-state index in [9.17, 15) is 19.3 Å². The lowest BCUT2D eigenvalue weighted by atomic mass is 10.2. The third-order valence-electron chi connectivity index (χ3n) is 2.63. The van der Waals surface area contributed by atoms with Crippen LogP contribution < -0.4 is 16.2 Å². The number of amides is 1. The van der Waals surface area contributed by atoms with Crippen molar-refractivity contribution in [3.63, 3.8) is 0 Å². The number of nitro groups is 1. The number of nitrogens with zero attached hydrogens (tertiary/aromatic N) is 1. The predicted octanol–water partition coefficient (Wildman–Crippen LogP) is 2.21. The number of primary amides is 1. The minimum atomic E-state index is -0.800. The molecule has 0 aliphatic heterocycles. The Morgan fingerprint density at radius 2 is 1.86 bits per heavy atom. The summed E-state index contributed by atoms with van der Waals surface area (Å²) in [6.45, 7) is 0. The standard InChI is InChI=1S/C13H10FN3O4/c14-8-2-4-11(9(15)6-8)21-12-3-1-7(13(16)18)5-10(12)17(19)20/h1-6H,15H2,(H2,16,18). The monoisotopic (exact) mass is 291 g/mol. The van der Waals surface area contributed by atoms with Gasteiger partial charge in [0.15, 0.2) is 5.75 Å². The van der Waals surface area contributed by atoms with Crippen LogP contribution in [0, 0.1) is 15.9 Å². The number of nitro benzene ring substituents is 1. The van der Waals surface area contributed by atoms with Crippen molar-refractivity contribution >= 4 is 17.3 Å². The molecule has 108 valence electrons. The second-order valence-corrected chi connectivity index (χ2v) is 4.09. The molecule has 0 bridgehead atoms. The predicted molar refractivity (Wildman–Crippen MR) is 72.5 cm³/mol. The first-order valence-electron chi connectivity index (χ1n) is 5.69. The Labute approximate surface area is 118 Å². The first-order chi connectivity index (χ1) is 9.88. The van der Waals surface area contributed by atoms with Gasteiger partial charge < -0.3 is 16.2 Å². The van der Waals surface area contributed by atoms with E-state index in [1.165, 1.54) is 18.2 Å². The molecule has 0 saturated carbocycles. The van der Waals surface area contributed by atoms with Gasteiger partial charge in [-0.3, -0.25) is 14.9 Å². The maximum Gasteiger partial charge on any atom is 0.312 e. The molecule has 4 N–H and O–H groups in total. The Balaban J connectivity index is 2.44. The molecule has 0 aromatic heterocycles. The number of halogens is 1. The van der Waals surface area contributed by atoms with Gasteiger partial charge >= 0.3 is 5.69 Å². The van der Waals surface area contributed by atoms with Crippen LogP contribution in [0.5, 0.6) is 11.5 Å². The molecule has 0 aliphatic carbocycles. The minimum Gasteiger partial charge on any atom is -0.448 e. The second kappa shape index (κ2) is 5.45. The molecule has 0 aliphatic rings. The number of hydrogen-bond acceptors (Lipinski definition) is 5. The van der Waals surface area contributed by atoms with Crippen LogP contribution in [-0.2, 0) is 0 Å². The van der Waals surface area contributed by atoms with E-state index in [2.05, 4.69) is 0 Å². The summed E-state index contributed by atoms with van der Waals surface area (Å²) >= 11 is 0. The Bertz CT molecular complexity index is 733. The minimum absolute atomic E-state index is 0.0109. The third-order valence-corrected chi connectivity index (χ3v) is 2.63. The average Bonchev–Trinajstić information content (AvgIpc) is 2.41. The summed E-state index contributed by atoms with van der Waals surface area (Å²) in [6.07, 6.45) is 0. The summed E-state index contributed by atoms with van der Waals surface area (Å²) in [4.78, 5) is 21.3. The van der Waals surface area contributed by atoms with Crippen molar-refractivity contribution in [3.05, 3.63) is 57.9 Å². The summed E-state index contributed by atoms with van der Waals surface area (Å²) < 4.78 is 18.2. The van der Waals surface area contributed by atoms with E-state index in [0.29, 0.717) is 0 Å². The molecule has 21 heavy (non-hydrogen) atoms. The molecule has 2 aromatic rings. The van der Waals surface area contributed by atoms with Crippen molar-refractivity contribution < 1.29 is 18.8 Å². The molecule has 1 amide bonds. The Hall–Kier alpha value is -3.16. The topological polar surface area (TPSA) is 121 Å². The van der Waals surface area contributed by atoms with E-state index in [-0.39, 0.29) is 22.7 Å². The van der Waals surface area contributed by atoms with E-state index in [1.807, 2.05) is 0 Å². The summed E-state index contributed by atoms with van der Waals surface area (Å²) in [5.74, 6) is -1.43. The van der Waals surface area contributed by atoms with Crippen LogP contribution in [0.1, 0.15) is 10.4 Å². The van der Waals surface area contributed by atoms with E-state index >= 15 is 0 Å². The van der Waals surface area contributed by atoms with Gasteiger partial charge in [-0.05, 0) is 24.3 Å². The quantitative estimate of drug-likeness (QED) is 0.508. The highest BCUT2D eigenvalue weighted by atomic mass is 19.1. The summed E-state index contributed by atoms with van der Waals surface area (Å²) in [6, 6.07) is 6.88. The first kappa shape index (κ1) is 14.3. The molecule has 8 heteroatoms. The molecule has 7 nitrogen and oxygen atoms in total. The van der Waals surface area contributed by atoms with Crippen LogP contribution >= 0.6 is 0 Å². The number of ether oxygens (including phenoxy) is 1. The molecule has 0 heterocycles. The fraction of sp³-hybridized carbons (Fsp3) is 0. The highest BCUT2D eigenvalue weighted by Gasteiger charge is 2.19. The van der Waals surface area contributed by atoms with Gasteiger partial charge in [-0.1, -0.05) is 0 Å². The Morgan fingerprint density at radius 3 is 2.43 bits per heavy atom. The lowest BCUT2D eigenvalue weighted by molar-refractivity contribution is -0.385. The molecular weight excluding hydrogens is 281 g/mol. The Morgan fingerprint density at radius 1 is 1.19 bits per heavy atom. The number of anilines is 1. The van der Waals surface area contributed by atoms with Gasteiger partial charge in [0.2, 0.25) is 11.7 Å². The number of carbonyl (C=O) groups is 1. The number of hydrogen-bond donors (Lipinski definition) is 2. The zero-order chi connectivity index (χ0) is 15.6. The van der Waals surface area contributed by atoms with Gasteiger partial charge in [0.25, 0.3) is 0 Å². The summed E-state index contributed by atoms with van der Waals surface area (Å²) in [7, 11) is 0. The summed E-state index contributed by atoms with van der Waals surface area (Å²) in [5, 5.41) is 11.0. The molecule has 2 aromatic carbocycles. The van der Waals surface area contributed by atoms with Crippen molar-refractivity contribution in [2.24, 2.45) is 5.73 Å². The lowest BCUT2D eigenvalue weighted by Gasteiger charge is -2.09. The van der Waals surface area contributed by atoms with E-state index in [1.54, 1.807) is 0 Å². The zero-order valence-electron chi connectivity index (χ0n) is 10.6. The van der Waals surface area contributed by atoms with Crippen molar-refractivity contribution in [3.8, 4) is 11.5 Å². The van der Waals surface area contributed by atoms with E-state index in [4.69, 9.17) is 16.2 Å². The molecule has 2 rings (SSSR count). The summed E-state index contributed by atoms with van der Waals surface area (Å²) in [5.41, 5.74) is 10.1. The molecule has 0 fully saturated rings. The average molecular weight is 291 g/mol. The molecule has 0 unspecified atom stereocenters. The van der Waals surface area contributed by atoms with Gasteiger partial charge in [0.1, 0.15) is 5.82 Å². The zero-order valence-corrected chi connectivity index (χ0v) is 10.6. The second-order valence-electron chi connectivity index (χ2n) is 4.09. The normalized spacial score (nSPS) is 10.1. The SMILES string of the molecule is NC(=O)c1ccc(Oc2ccc(F)cc2N)c([N+](=O)[O-])c1. The first-order valence-corrected chi connectivity index (χ1v) is 5.69.